The maximum atomic E-state index is 13.6. The second-order valence-corrected chi connectivity index (χ2v) is 4.91. The Bertz CT molecular complexity index is 650. The second kappa shape index (κ2) is 5.72. The van der Waals surface area contributed by atoms with E-state index in [9.17, 15) is 8.78 Å². The molecule has 0 spiro atoms. The van der Waals surface area contributed by atoms with Crippen LogP contribution >= 0.6 is 11.8 Å². The zero-order valence-corrected chi connectivity index (χ0v) is 10.7. The summed E-state index contributed by atoms with van der Waals surface area (Å²) in [6.45, 7) is 0. The van der Waals surface area contributed by atoms with Gasteiger partial charge in [-0.05, 0) is 35.9 Å². The zero-order valence-electron chi connectivity index (χ0n) is 9.86. The van der Waals surface area contributed by atoms with E-state index in [4.69, 9.17) is 11.0 Å². The van der Waals surface area contributed by atoms with Gasteiger partial charge in [-0.2, -0.15) is 5.26 Å². The molecule has 0 heterocycles. The summed E-state index contributed by atoms with van der Waals surface area (Å²) in [5, 5.41) is 8.65. The molecule has 0 amide bonds. The highest BCUT2D eigenvalue weighted by Gasteiger charge is 2.06. The number of halogens is 2. The topological polar surface area (TPSA) is 49.8 Å². The molecular weight excluding hydrogens is 266 g/mol. The minimum Gasteiger partial charge on any atom is -0.398 e. The first-order chi connectivity index (χ1) is 9.10. The van der Waals surface area contributed by atoms with Crippen LogP contribution in [0.5, 0.6) is 0 Å². The molecule has 0 aliphatic heterocycles. The lowest BCUT2D eigenvalue weighted by Crippen LogP contribution is -1.92. The average molecular weight is 276 g/mol. The molecule has 2 nitrogen and oxygen atoms in total. The molecule has 0 aliphatic carbocycles. The van der Waals surface area contributed by atoms with Crippen molar-refractivity contribution in [2.24, 2.45) is 0 Å². The molecule has 96 valence electrons. The molecule has 0 atom stereocenters. The number of hydrogen-bond acceptors (Lipinski definition) is 3. The Balaban J connectivity index is 2.13. The van der Waals surface area contributed by atoms with Gasteiger partial charge < -0.3 is 5.73 Å². The van der Waals surface area contributed by atoms with Crippen LogP contribution in [0.4, 0.5) is 14.5 Å². The van der Waals surface area contributed by atoms with Crippen molar-refractivity contribution in [3.63, 3.8) is 0 Å². The summed E-state index contributed by atoms with van der Waals surface area (Å²) >= 11 is 1.32. The quantitative estimate of drug-likeness (QED) is 0.686. The summed E-state index contributed by atoms with van der Waals surface area (Å²) in [5.41, 5.74) is 6.77. The predicted molar refractivity (Wildman–Crippen MR) is 71.5 cm³/mol. The molecule has 0 unspecified atom stereocenters. The van der Waals surface area contributed by atoms with Gasteiger partial charge in [-0.25, -0.2) is 8.78 Å². The molecule has 0 saturated heterocycles. The van der Waals surface area contributed by atoms with Gasteiger partial charge >= 0.3 is 0 Å². The summed E-state index contributed by atoms with van der Waals surface area (Å²) in [6, 6.07) is 10.3. The Morgan fingerprint density at radius 1 is 1.16 bits per heavy atom. The minimum absolute atomic E-state index is 0.285. The molecule has 0 aromatic heterocycles. The van der Waals surface area contributed by atoms with Crippen LogP contribution in [-0.4, -0.2) is 0 Å². The molecule has 0 saturated carbocycles. The lowest BCUT2D eigenvalue weighted by molar-refractivity contribution is 0.616. The molecule has 2 aromatic rings. The Labute approximate surface area is 113 Å². The normalized spacial score (nSPS) is 10.2. The minimum atomic E-state index is -0.424. The van der Waals surface area contributed by atoms with E-state index < -0.39 is 11.6 Å². The number of thioether (sulfide) groups is 1. The molecule has 0 radical (unpaired) electrons. The summed E-state index contributed by atoms with van der Waals surface area (Å²) in [4.78, 5) is 0.699. The number of nitrogen functional groups attached to an aromatic ring is 1. The van der Waals surface area contributed by atoms with E-state index >= 15 is 0 Å². The summed E-state index contributed by atoms with van der Waals surface area (Å²) < 4.78 is 26.5. The van der Waals surface area contributed by atoms with Crippen LogP contribution in [0.3, 0.4) is 0 Å². The zero-order chi connectivity index (χ0) is 13.8. The van der Waals surface area contributed by atoms with E-state index in [0.29, 0.717) is 21.9 Å². The van der Waals surface area contributed by atoms with Crippen LogP contribution in [0, 0.1) is 23.0 Å². The van der Waals surface area contributed by atoms with Crippen molar-refractivity contribution in [2.45, 2.75) is 10.6 Å². The van der Waals surface area contributed by atoms with E-state index in [1.807, 2.05) is 6.07 Å². The van der Waals surface area contributed by atoms with Crippen molar-refractivity contribution in [2.75, 3.05) is 5.73 Å². The SMILES string of the molecule is N#Cc1ccc(CSc2ccc(F)cc2N)c(F)c1. The number of nitrogens with zero attached hydrogens (tertiary/aromatic N) is 1. The lowest BCUT2D eigenvalue weighted by Gasteiger charge is -2.06. The third-order valence-electron chi connectivity index (χ3n) is 2.54. The third kappa shape index (κ3) is 3.24. The third-order valence-corrected chi connectivity index (χ3v) is 3.68. The number of hydrogen-bond donors (Lipinski definition) is 1. The second-order valence-electron chi connectivity index (χ2n) is 3.89. The van der Waals surface area contributed by atoms with Crippen LogP contribution < -0.4 is 5.73 Å². The van der Waals surface area contributed by atoms with Gasteiger partial charge in [0.2, 0.25) is 0 Å². The average Bonchev–Trinajstić information content (AvgIpc) is 2.39. The van der Waals surface area contributed by atoms with Gasteiger partial charge in [0.15, 0.2) is 0 Å². The van der Waals surface area contributed by atoms with Crippen LogP contribution in [0.2, 0.25) is 0 Å². The van der Waals surface area contributed by atoms with Crippen molar-refractivity contribution in [3.8, 4) is 6.07 Å². The van der Waals surface area contributed by atoms with Gasteiger partial charge in [-0.3, -0.25) is 0 Å². The van der Waals surface area contributed by atoms with Crippen molar-refractivity contribution >= 4 is 17.4 Å². The number of anilines is 1. The molecule has 2 N–H and O–H groups in total. The summed E-state index contributed by atoms with van der Waals surface area (Å²) in [6.07, 6.45) is 0. The number of nitrogens with two attached hydrogens (primary N) is 1. The Kier molecular flexibility index (Phi) is 4.03. The fourth-order valence-electron chi connectivity index (χ4n) is 1.54. The van der Waals surface area contributed by atoms with Crippen LogP contribution in [-0.2, 0) is 5.75 Å². The Hall–Kier alpha value is -2.06. The highest BCUT2D eigenvalue weighted by Crippen LogP contribution is 2.29. The molecule has 0 bridgehead atoms. The van der Waals surface area contributed by atoms with Gasteiger partial charge in [0, 0.05) is 16.3 Å². The highest BCUT2D eigenvalue weighted by molar-refractivity contribution is 7.98. The smallest absolute Gasteiger partial charge is 0.128 e. The maximum Gasteiger partial charge on any atom is 0.128 e. The fourth-order valence-corrected chi connectivity index (χ4v) is 2.48. The van der Waals surface area contributed by atoms with Gasteiger partial charge in [0.05, 0.1) is 11.6 Å². The van der Waals surface area contributed by atoms with Gasteiger partial charge in [0.25, 0.3) is 0 Å². The Morgan fingerprint density at radius 3 is 2.58 bits per heavy atom. The van der Waals surface area contributed by atoms with E-state index in [-0.39, 0.29) is 5.56 Å². The first-order valence-corrected chi connectivity index (χ1v) is 6.45. The number of nitriles is 1. The standard InChI is InChI=1S/C14H10F2N2S/c15-11-3-4-14(13(18)6-11)19-8-10-2-1-9(7-17)5-12(10)16/h1-6H,8,18H2. The monoisotopic (exact) mass is 276 g/mol. The number of rotatable bonds is 3. The van der Waals surface area contributed by atoms with Crippen molar-refractivity contribution in [1.29, 1.82) is 5.26 Å². The van der Waals surface area contributed by atoms with Crippen LogP contribution in [0.25, 0.3) is 0 Å². The summed E-state index contributed by atoms with van der Waals surface area (Å²) in [5.74, 6) is -0.452. The fraction of sp³-hybridized carbons (Fsp3) is 0.0714. The van der Waals surface area contributed by atoms with E-state index in [0.717, 1.165) is 0 Å². The first kappa shape index (κ1) is 13.4. The van der Waals surface area contributed by atoms with E-state index in [2.05, 4.69) is 0 Å². The number of benzene rings is 2. The molecule has 2 rings (SSSR count). The van der Waals surface area contributed by atoms with Crippen LogP contribution in [0.1, 0.15) is 11.1 Å². The van der Waals surface area contributed by atoms with Crippen molar-refractivity contribution < 1.29 is 8.78 Å². The van der Waals surface area contributed by atoms with Gasteiger partial charge in [0.1, 0.15) is 11.6 Å². The van der Waals surface area contributed by atoms with E-state index in [1.165, 1.54) is 30.0 Å². The first-order valence-electron chi connectivity index (χ1n) is 5.46. The molecule has 0 aliphatic rings. The summed E-state index contributed by atoms with van der Waals surface area (Å²) in [7, 11) is 0. The highest BCUT2D eigenvalue weighted by atomic mass is 32.2. The van der Waals surface area contributed by atoms with Crippen LogP contribution in [0.15, 0.2) is 41.3 Å². The maximum absolute atomic E-state index is 13.6. The van der Waals surface area contributed by atoms with Gasteiger partial charge in [-0.1, -0.05) is 6.07 Å². The largest absolute Gasteiger partial charge is 0.398 e. The lowest BCUT2D eigenvalue weighted by atomic mass is 10.1. The Morgan fingerprint density at radius 2 is 1.95 bits per heavy atom. The van der Waals surface area contributed by atoms with Gasteiger partial charge in [-0.15, -0.1) is 11.8 Å². The predicted octanol–water partition coefficient (Wildman–Crippen LogP) is 3.71. The molecule has 5 heteroatoms. The molecule has 0 fully saturated rings. The molecular formula is C14H10F2N2S. The molecule has 2 aromatic carbocycles. The molecule has 19 heavy (non-hydrogen) atoms. The van der Waals surface area contributed by atoms with E-state index in [1.54, 1.807) is 18.2 Å². The van der Waals surface area contributed by atoms with Crippen molar-refractivity contribution in [1.82, 2.24) is 0 Å². The van der Waals surface area contributed by atoms with Crippen molar-refractivity contribution in [3.05, 3.63) is 59.2 Å².